The summed E-state index contributed by atoms with van der Waals surface area (Å²) in [6.45, 7) is -0.0899. The lowest BCUT2D eigenvalue weighted by Gasteiger charge is -2.18. The summed E-state index contributed by atoms with van der Waals surface area (Å²) in [5, 5.41) is 0. The normalized spacial score (nSPS) is 11.5. The van der Waals surface area contributed by atoms with Gasteiger partial charge in [0.2, 0.25) is 5.95 Å². The van der Waals surface area contributed by atoms with Crippen LogP contribution in [0.15, 0.2) is 30.5 Å². The molecule has 0 N–H and O–H groups in total. The zero-order chi connectivity index (χ0) is 15.6. The SMILES string of the molecule is CN(Cc1ccc(F)cc1F)c1nccc(C(F)(F)F)n1. The standard InChI is InChI=1S/C13H10F5N3/c1-21(7-8-2-3-9(14)6-10(8)15)12-19-5-4-11(20-12)13(16,17)18/h2-6H,7H2,1H3. The van der Waals surface area contributed by atoms with E-state index in [1.165, 1.54) is 18.0 Å². The van der Waals surface area contributed by atoms with Crippen LogP contribution in [0.1, 0.15) is 11.3 Å². The number of hydrogen-bond donors (Lipinski definition) is 0. The molecule has 0 spiro atoms. The van der Waals surface area contributed by atoms with Crippen LogP contribution in [0.25, 0.3) is 0 Å². The zero-order valence-electron chi connectivity index (χ0n) is 10.8. The maximum atomic E-state index is 13.5. The minimum atomic E-state index is -4.58. The van der Waals surface area contributed by atoms with Crippen LogP contribution < -0.4 is 4.90 Å². The van der Waals surface area contributed by atoms with Gasteiger partial charge in [-0.3, -0.25) is 0 Å². The van der Waals surface area contributed by atoms with Crippen molar-refractivity contribution in [2.24, 2.45) is 0 Å². The molecular formula is C13H10F5N3. The summed E-state index contributed by atoms with van der Waals surface area (Å²) in [5.74, 6) is -1.71. The summed E-state index contributed by atoms with van der Waals surface area (Å²) in [6.07, 6.45) is -3.61. The minimum Gasteiger partial charge on any atom is -0.339 e. The molecule has 8 heteroatoms. The Balaban J connectivity index is 2.22. The van der Waals surface area contributed by atoms with Gasteiger partial charge in [-0.05, 0) is 12.1 Å². The fraction of sp³-hybridized carbons (Fsp3) is 0.231. The molecule has 0 radical (unpaired) electrons. The van der Waals surface area contributed by atoms with E-state index in [2.05, 4.69) is 9.97 Å². The second-order valence-electron chi connectivity index (χ2n) is 4.33. The summed E-state index contributed by atoms with van der Waals surface area (Å²) in [4.78, 5) is 8.34. The number of halogens is 5. The first-order valence-corrected chi connectivity index (χ1v) is 5.82. The molecule has 0 aliphatic heterocycles. The fourth-order valence-electron chi connectivity index (χ4n) is 1.67. The van der Waals surface area contributed by atoms with Crippen molar-refractivity contribution >= 4 is 5.95 Å². The van der Waals surface area contributed by atoms with E-state index < -0.39 is 23.5 Å². The minimum absolute atomic E-state index is 0.0899. The summed E-state index contributed by atoms with van der Waals surface area (Å²) in [7, 11) is 1.41. The van der Waals surface area contributed by atoms with E-state index in [4.69, 9.17) is 0 Å². The largest absolute Gasteiger partial charge is 0.433 e. The Morgan fingerprint density at radius 1 is 1.14 bits per heavy atom. The molecule has 0 fully saturated rings. The van der Waals surface area contributed by atoms with Gasteiger partial charge in [0.25, 0.3) is 0 Å². The van der Waals surface area contributed by atoms with Gasteiger partial charge in [-0.2, -0.15) is 13.2 Å². The van der Waals surface area contributed by atoms with Crippen molar-refractivity contribution in [1.29, 1.82) is 0 Å². The number of hydrogen-bond acceptors (Lipinski definition) is 3. The molecule has 0 bridgehead atoms. The highest BCUT2D eigenvalue weighted by Gasteiger charge is 2.33. The van der Waals surface area contributed by atoms with Crippen molar-refractivity contribution < 1.29 is 22.0 Å². The van der Waals surface area contributed by atoms with Crippen LogP contribution in [-0.4, -0.2) is 17.0 Å². The Kier molecular flexibility index (Phi) is 4.06. The van der Waals surface area contributed by atoms with Crippen LogP contribution in [0.4, 0.5) is 27.9 Å². The van der Waals surface area contributed by atoms with Gasteiger partial charge >= 0.3 is 6.18 Å². The van der Waals surface area contributed by atoms with Gasteiger partial charge in [-0.15, -0.1) is 0 Å². The van der Waals surface area contributed by atoms with E-state index in [0.717, 1.165) is 18.3 Å². The Labute approximate surface area is 117 Å². The van der Waals surface area contributed by atoms with Crippen molar-refractivity contribution in [2.75, 3.05) is 11.9 Å². The highest BCUT2D eigenvalue weighted by atomic mass is 19.4. The Bertz CT molecular complexity index is 642. The van der Waals surface area contributed by atoms with Gasteiger partial charge in [-0.25, -0.2) is 18.7 Å². The first-order valence-electron chi connectivity index (χ1n) is 5.82. The van der Waals surface area contributed by atoms with Crippen LogP contribution in [0.2, 0.25) is 0 Å². The molecular weight excluding hydrogens is 293 g/mol. The first-order chi connectivity index (χ1) is 9.77. The van der Waals surface area contributed by atoms with Crippen molar-refractivity contribution in [3.8, 4) is 0 Å². The number of aromatic nitrogens is 2. The molecule has 1 aromatic heterocycles. The van der Waals surface area contributed by atoms with Gasteiger partial charge in [0.15, 0.2) is 0 Å². The van der Waals surface area contributed by atoms with E-state index in [-0.39, 0.29) is 18.1 Å². The van der Waals surface area contributed by atoms with E-state index >= 15 is 0 Å². The van der Waals surface area contributed by atoms with E-state index in [0.29, 0.717) is 6.07 Å². The highest BCUT2D eigenvalue weighted by molar-refractivity contribution is 5.32. The third kappa shape index (κ3) is 3.65. The average molecular weight is 303 g/mol. The Hall–Kier alpha value is -2.25. The zero-order valence-corrected chi connectivity index (χ0v) is 10.8. The number of anilines is 1. The number of benzene rings is 1. The molecule has 21 heavy (non-hydrogen) atoms. The molecule has 1 heterocycles. The second kappa shape index (κ2) is 5.63. The molecule has 0 amide bonds. The van der Waals surface area contributed by atoms with Crippen LogP contribution in [0.5, 0.6) is 0 Å². The van der Waals surface area contributed by atoms with E-state index in [1.807, 2.05) is 0 Å². The molecule has 0 saturated heterocycles. The number of rotatable bonds is 3. The number of nitrogens with zero attached hydrogens (tertiary/aromatic N) is 3. The van der Waals surface area contributed by atoms with Gasteiger partial charge in [0, 0.05) is 31.4 Å². The molecule has 0 aliphatic carbocycles. The second-order valence-corrected chi connectivity index (χ2v) is 4.33. The Morgan fingerprint density at radius 3 is 2.48 bits per heavy atom. The lowest BCUT2D eigenvalue weighted by atomic mass is 10.2. The van der Waals surface area contributed by atoms with Crippen LogP contribution >= 0.6 is 0 Å². The van der Waals surface area contributed by atoms with Gasteiger partial charge in [0.05, 0.1) is 0 Å². The summed E-state index contributed by atoms with van der Waals surface area (Å²) >= 11 is 0. The summed E-state index contributed by atoms with van der Waals surface area (Å²) in [5.41, 5.74) is -0.959. The summed E-state index contributed by atoms with van der Waals surface area (Å²) < 4.78 is 64.0. The van der Waals surface area contributed by atoms with Gasteiger partial charge < -0.3 is 4.90 Å². The molecule has 1 aromatic carbocycles. The van der Waals surface area contributed by atoms with Gasteiger partial charge in [-0.1, -0.05) is 6.07 Å². The van der Waals surface area contributed by atoms with Crippen LogP contribution in [0, 0.1) is 11.6 Å². The predicted molar refractivity (Wildman–Crippen MR) is 65.5 cm³/mol. The lowest BCUT2D eigenvalue weighted by molar-refractivity contribution is -0.141. The average Bonchev–Trinajstić information content (AvgIpc) is 2.41. The molecule has 0 atom stereocenters. The van der Waals surface area contributed by atoms with Crippen LogP contribution in [-0.2, 0) is 12.7 Å². The predicted octanol–water partition coefficient (Wildman–Crippen LogP) is 3.41. The van der Waals surface area contributed by atoms with Crippen molar-refractivity contribution in [3.05, 3.63) is 53.4 Å². The highest BCUT2D eigenvalue weighted by Crippen LogP contribution is 2.28. The third-order valence-electron chi connectivity index (χ3n) is 2.70. The van der Waals surface area contributed by atoms with Crippen molar-refractivity contribution in [3.63, 3.8) is 0 Å². The Morgan fingerprint density at radius 2 is 1.86 bits per heavy atom. The van der Waals surface area contributed by atoms with E-state index in [9.17, 15) is 22.0 Å². The molecule has 2 rings (SSSR count). The summed E-state index contributed by atoms with van der Waals surface area (Å²) in [6, 6.07) is 3.74. The topological polar surface area (TPSA) is 29.0 Å². The monoisotopic (exact) mass is 303 g/mol. The van der Waals surface area contributed by atoms with Crippen molar-refractivity contribution in [1.82, 2.24) is 9.97 Å². The maximum absolute atomic E-state index is 13.5. The molecule has 3 nitrogen and oxygen atoms in total. The lowest BCUT2D eigenvalue weighted by Crippen LogP contribution is -2.21. The maximum Gasteiger partial charge on any atom is 0.433 e. The first kappa shape index (κ1) is 15.1. The number of alkyl halides is 3. The smallest absolute Gasteiger partial charge is 0.339 e. The quantitative estimate of drug-likeness (QED) is 0.814. The fourth-order valence-corrected chi connectivity index (χ4v) is 1.67. The van der Waals surface area contributed by atoms with E-state index in [1.54, 1.807) is 0 Å². The van der Waals surface area contributed by atoms with Crippen molar-refractivity contribution in [2.45, 2.75) is 12.7 Å². The molecule has 112 valence electrons. The molecule has 2 aromatic rings. The molecule has 0 aliphatic rings. The van der Waals surface area contributed by atoms with Gasteiger partial charge in [0.1, 0.15) is 17.3 Å². The molecule has 0 saturated carbocycles. The molecule has 0 unspecified atom stereocenters. The third-order valence-corrected chi connectivity index (χ3v) is 2.70. The van der Waals surface area contributed by atoms with Crippen LogP contribution in [0.3, 0.4) is 0 Å².